The van der Waals surface area contributed by atoms with Gasteiger partial charge < -0.3 is 35.7 Å². The quantitative estimate of drug-likeness (QED) is 0.0567. The number of oxazole rings is 3. The fourth-order valence-corrected chi connectivity index (χ4v) is 8.33. The van der Waals surface area contributed by atoms with Gasteiger partial charge in [-0.2, -0.15) is 20.1 Å². The fourth-order valence-electron chi connectivity index (χ4n) is 8.33. The number of rotatable bonds is 24. The lowest BCUT2D eigenvalue weighted by molar-refractivity contribution is 0.308. The van der Waals surface area contributed by atoms with Gasteiger partial charge in [-0.15, -0.1) is 15.3 Å². The third-order valence-electron chi connectivity index (χ3n) is 13.1. The van der Waals surface area contributed by atoms with E-state index in [2.05, 4.69) is 217 Å². The van der Waals surface area contributed by atoms with Gasteiger partial charge in [0.2, 0.25) is 35.3 Å². The molecule has 0 amide bonds. The zero-order valence-electron chi connectivity index (χ0n) is 64.3. The van der Waals surface area contributed by atoms with Crippen molar-refractivity contribution in [3.63, 3.8) is 0 Å². The Morgan fingerprint density at radius 2 is 0.928 bits per heavy atom. The molecule has 25 heteroatoms. The largest absolute Gasteiger partial charge is 0.446 e. The molecule has 0 bridgehead atoms. The van der Waals surface area contributed by atoms with Crippen molar-refractivity contribution in [3.05, 3.63) is 129 Å². The van der Waals surface area contributed by atoms with E-state index in [1.54, 1.807) is 18.6 Å². The molecule has 546 valence electrons. The van der Waals surface area contributed by atoms with Crippen LogP contribution in [0.4, 0.5) is 0 Å². The lowest BCUT2D eigenvalue weighted by atomic mass is 9.84. The number of nitrogens with zero attached hydrogens (tertiary/aromatic N) is 14. The van der Waals surface area contributed by atoms with Gasteiger partial charge in [0, 0.05) is 69.6 Å². The van der Waals surface area contributed by atoms with Crippen LogP contribution in [0, 0.1) is 88.9 Å². The second-order valence-electron chi connectivity index (χ2n) is 28.6. The minimum absolute atomic E-state index is 0.0580. The van der Waals surface area contributed by atoms with E-state index in [4.69, 9.17) is 31.2 Å². The number of hydrogen-bond acceptors (Lipinski definition) is 23. The minimum atomic E-state index is -0.476. The van der Waals surface area contributed by atoms with E-state index >= 15 is 0 Å². The van der Waals surface area contributed by atoms with E-state index in [-0.39, 0.29) is 5.41 Å². The Balaban J connectivity index is 0.000000547. The monoisotopic (exact) mass is 1360 g/mol. The number of aromatic nitrogens is 16. The molecule has 97 heavy (non-hydrogen) atoms. The van der Waals surface area contributed by atoms with Gasteiger partial charge in [-0.1, -0.05) is 161 Å². The van der Waals surface area contributed by atoms with Crippen molar-refractivity contribution in [3.8, 4) is 0 Å². The van der Waals surface area contributed by atoms with Gasteiger partial charge in [0.15, 0.2) is 35.1 Å². The van der Waals surface area contributed by atoms with Crippen molar-refractivity contribution in [2.75, 3.05) is 0 Å². The fraction of sp³-hybridized carbons (Fsp3) is 0.708. The van der Waals surface area contributed by atoms with E-state index < -0.39 is 5.76 Å². The van der Waals surface area contributed by atoms with Gasteiger partial charge in [-0.25, -0.2) is 29.8 Å². The normalized spacial score (nSPS) is 11.1. The second kappa shape index (κ2) is 48.1. The topological polar surface area (TPSA) is 334 Å². The highest BCUT2D eigenvalue weighted by Crippen LogP contribution is 2.30. The van der Waals surface area contributed by atoms with Gasteiger partial charge in [0.25, 0.3) is 0 Å². The Morgan fingerprint density at radius 1 is 0.443 bits per heavy atom. The highest BCUT2D eigenvalue weighted by atomic mass is 16.5. The molecule has 0 aliphatic carbocycles. The Labute approximate surface area is 578 Å². The van der Waals surface area contributed by atoms with E-state index in [0.717, 1.165) is 171 Å². The second-order valence-corrected chi connectivity index (χ2v) is 28.6. The molecule has 0 radical (unpaired) electrons. The third-order valence-corrected chi connectivity index (χ3v) is 13.1. The number of aromatic amines is 2. The number of nitrogens with one attached hydrogen (secondary N) is 2. The molecule has 2 N–H and O–H groups in total. The highest BCUT2D eigenvalue weighted by Gasteiger charge is 2.27. The molecule has 0 aliphatic heterocycles. The van der Waals surface area contributed by atoms with Crippen LogP contribution in [-0.4, -0.2) is 80.9 Å². The van der Waals surface area contributed by atoms with Crippen LogP contribution >= 0.6 is 0 Å². The van der Waals surface area contributed by atoms with Crippen molar-refractivity contribution >= 4 is 0 Å². The summed E-state index contributed by atoms with van der Waals surface area (Å²) in [5.41, 5.74) is 0.0580. The molecule has 0 spiro atoms. The maximum absolute atomic E-state index is 10.4. The third kappa shape index (κ3) is 44.7. The summed E-state index contributed by atoms with van der Waals surface area (Å²) in [4.78, 5) is 39.1. The lowest BCUT2D eigenvalue weighted by Crippen LogP contribution is -2.20. The van der Waals surface area contributed by atoms with Crippen molar-refractivity contribution in [2.24, 2.45) is 47.3 Å². The van der Waals surface area contributed by atoms with Gasteiger partial charge in [0.05, 0.1) is 18.6 Å². The number of H-pyrrole nitrogens is 2. The van der Waals surface area contributed by atoms with Crippen LogP contribution in [0.2, 0.25) is 0 Å². The average Bonchev–Trinajstić information content (AvgIpc) is 1.80. The van der Waals surface area contributed by atoms with Gasteiger partial charge >= 0.3 is 5.76 Å². The van der Waals surface area contributed by atoms with Crippen LogP contribution in [0.5, 0.6) is 0 Å². The first-order valence-electron chi connectivity index (χ1n) is 34.9. The molecule has 0 atom stereocenters. The summed E-state index contributed by atoms with van der Waals surface area (Å²) in [6.45, 7) is 56.4. The Kier molecular flexibility index (Phi) is 43.2. The van der Waals surface area contributed by atoms with Crippen molar-refractivity contribution in [1.82, 2.24) is 80.9 Å². The van der Waals surface area contributed by atoms with Crippen molar-refractivity contribution < 1.29 is 35.7 Å². The Bertz CT molecular complexity index is 3200. The first-order valence-corrected chi connectivity index (χ1v) is 34.9. The minimum Gasteiger partial charge on any atom is -0.446 e. The molecule has 9 aromatic rings. The zero-order valence-corrected chi connectivity index (χ0v) is 64.3. The maximum atomic E-state index is 10.4. The molecule has 0 aromatic carbocycles. The first kappa shape index (κ1) is 87.3. The predicted octanol–water partition coefficient (Wildman–Crippen LogP) is 17.7. The highest BCUT2D eigenvalue weighted by molar-refractivity contribution is 5.03. The Morgan fingerprint density at radius 3 is 1.32 bits per heavy atom. The molecule has 0 fully saturated rings. The molecule has 25 nitrogen and oxygen atoms in total. The summed E-state index contributed by atoms with van der Waals surface area (Å²) < 4.78 is 41.0. The zero-order chi connectivity index (χ0) is 73.2. The average molecular weight is 1360 g/mol. The van der Waals surface area contributed by atoms with E-state index in [0.29, 0.717) is 65.5 Å². The summed E-state index contributed by atoms with van der Waals surface area (Å²) in [7, 11) is 0. The SMILES string of the molecule is CC(C)CCc1nnc(C(C)C)o1.CC(C)Cc1n[nH]c(=O)o1.CCCc1ncn[nH]1.Cc1cnc(C(C)(C)CC(C)C)o1.Cc1cnc(CC(C)C)o1.Cc1cnc(CCC(C)C)o1.Cc1nc(CCC(C)C)no1.Cc1noc(CC(C)C)n1.Cc1noc(CCC(C)C)n1. The summed E-state index contributed by atoms with van der Waals surface area (Å²) in [5.74, 6) is 17.7. The van der Waals surface area contributed by atoms with Gasteiger partial charge in [0.1, 0.15) is 29.4 Å². The van der Waals surface area contributed by atoms with E-state index in [1.165, 1.54) is 6.33 Å². The van der Waals surface area contributed by atoms with E-state index in [1.807, 2.05) is 55.4 Å². The van der Waals surface area contributed by atoms with Crippen LogP contribution in [0.15, 0.2) is 65.4 Å². The molecule has 0 saturated carbocycles. The maximum Gasteiger partial charge on any atom is 0.434 e. The molecule has 9 aromatic heterocycles. The summed E-state index contributed by atoms with van der Waals surface area (Å²) in [6, 6.07) is 0. The van der Waals surface area contributed by atoms with Crippen LogP contribution in [0.25, 0.3) is 0 Å². The first-order chi connectivity index (χ1) is 45.5. The number of aryl methyl sites for hydroxylation is 11. The molecule has 0 aliphatic rings. The summed E-state index contributed by atoms with van der Waals surface area (Å²) >= 11 is 0. The molecule has 9 rings (SSSR count). The Hall–Kier alpha value is -7.73. The van der Waals surface area contributed by atoms with E-state index in [9.17, 15) is 4.79 Å². The molecule has 0 unspecified atom stereocenters. The van der Waals surface area contributed by atoms with Crippen LogP contribution in [0.1, 0.15) is 283 Å². The van der Waals surface area contributed by atoms with Crippen molar-refractivity contribution in [1.29, 1.82) is 0 Å². The summed E-state index contributed by atoms with van der Waals surface area (Å²) in [6.07, 6.45) is 20.8. The standard InChI is InChI=1S/C11H19NO.C10H18N2O.C9H15NO.2C8H14N2O.C8H13NO.C7H12N2O.C6H10N2O2.C5H9N3/c1-8(2)6-11(4,5)10-12-7-9(3)13-10;1-7(2)5-6-9-11-12-10(13-9)8(3)4;1-7(2)4-5-9-10-6-8(3)11-9;1-6(2)4-5-8-9-7(3)11-10-8;1-6(2)4-5-8-9-7(3)10-11-8;1-6(2)4-8-9-5-7(3)10-8;1-5(2)4-7-8-6(3)9-10-7;1-4(2)3-5-7-8-6(9)10-5;1-2-3-5-6-4-7-8-5/h7-8H,6H2,1-5H3;7-8H,5-6H2,1-4H3;6-7H,4-5H2,1-3H3;2*6H,4-5H2,1-3H3;5-6H,4H2,1-3H3;5H,4H2,1-3H3;4H,3H2,1-2H3,(H,8,9);4H,2-3H2,1H3,(H,6,7,8). The summed E-state index contributed by atoms with van der Waals surface area (Å²) in [5, 5.41) is 31.5. The molecule has 0 saturated heterocycles. The van der Waals surface area contributed by atoms with Crippen LogP contribution < -0.4 is 5.76 Å². The molecule has 9 heterocycles. The molecular formula is C72H124N16O9. The smallest absolute Gasteiger partial charge is 0.434 e. The van der Waals surface area contributed by atoms with Crippen LogP contribution in [-0.2, 0) is 56.8 Å². The lowest BCUT2D eigenvalue weighted by Gasteiger charge is -2.22. The van der Waals surface area contributed by atoms with Gasteiger partial charge in [-0.3, -0.25) is 5.10 Å². The molecular weight excluding hydrogens is 1230 g/mol. The predicted molar refractivity (Wildman–Crippen MR) is 377 cm³/mol. The van der Waals surface area contributed by atoms with Crippen molar-refractivity contribution in [2.45, 2.75) is 288 Å². The van der Waals surface area contributed by atoms with Crippen LogP contribution in [0.3, 0.4) is 0 Å². The number of hydrogen-bond donors (Lipinski definition) is 2. The van der Waals surface area contributed by atoms with Gasteiger partial charge in [-0.05, 0) is 120 Å².